The highest BCUT2D eigenvalue weighted by Gasteiger charge is 2.00. The third kappa shape index (κ3) is 2.46. The average molecular weight is 217 g/mol. The van der Waals surface area contributed by atoms with E-state index in [2.05, 4.69) is 9.97 Å². The van der Waals surface area contributed by atoms with Crippen molar-refractivity contribution in [2.24, 2.45) is 5.73 Å². The summed E-state index contributed by atoms with van der Waals surface area (Å²) in [4.78, 5) is 7.98. The van der Waals surface area contributed by atoms with Gasteiger partial charge in [-0.1, -0.05) is 0 Å². The van der Waals surface area contributed by atoms with Crippen LogP contribution < -0.4 is 10.5 Å². The van der Waals surface area contributed by atoms with Crippen molar-refractivity contribution in [2.45, 2.75) is 6.54 Å². The molecule has 1 aromatic carbocycles. The zero-order valence-corrected chi connectivity index (χ0v) is 8.50. The minimum Gasteiger partial charge on any atom is -0.508 e. The van der Waals surface area contributed by atoms with Gasteiger partial charge in [-0.2, -0.15) is 0 Å². The molecule has 2 aromatic rings. The number of aromatic nitrogens is 2. The van der Waals surface area contributed by atoms with E-state index in [1.807, 2.05) is 0 Å². The van der Waals surface area contributed by atoms with Gasteiger partial charge < -0.3 is 15.6 Å². The van der Waals surface area contributed by atoms with E-state index in [4.69, 9.17) is 15.6 Å². The summed E-state index contributed by atoms with van der Waals surface area (Å²) in [7, 11) is 0. The van der Waals surface area contributed by atoms with Crippen LogP contribution in [0.3, 0.4) is 0 Å². The predicted molar refractivity (Wildman–Crippen MR) is 58.1 cm³/mol. The quantitative estimate of drug-likeness (QED) is 0.812. The molecule has 0 spiro atoms. The second-order valence-electron chi connectivity index (χ2n) is 3.17. The summed E-state index contributed by atoms with van der Waals surface area (Å²) < 4.78 is 5.36. The van der Waals surface area contributed by atoms with Crippen molar-refractivity contribution in [1.29, 1.82) is 0 Å². The summed E-state index contributed by atoms with van der Waals surface area (Å²) >= 11 is 0. The van der Waals surface area contributed by atoms with Gasteiger partial charge in [0, 0.05) is 24.5 Å². The van der Waals surface area contributed by atoms with Crippen molar-refractivity contribution < 1.29 is 9.84 Å². The number of phenols is 1. The van der Waals surface area contributed by atoms with E-state index < -0.39 is 0 Å². The molecule has 0 unspecified atom stereocenters. The number of rotatable bonds is 3. The maximum Gasteiger partial charge on any atom is 0.321 e. The largest absolute Gasteiger partial charge is 0.508 e. The molecule has 0 radical (unpaired) electrons. The molecule has 0 bridgehead atoms. The van der Waals surface area contributed by atoms with Crippen LogP contribution in [-0.2, 0) is 6.54 Å². The van der Waals surface area contributed by atoms with Gasteiger partial charge in [0.15, 0.2) is 0 Å². The molecule has 3 N–H and O–H groups in total. The van der Waals surface area contributed by atoms with Gasteiger partial charge in [0.25, 0.3) is 0 Å². The Bertz CT molecular complexity index is 454. The van der Waals surface area contributed by atoms with Crippen molar-refractivity contribution in [3.05, 3.63) is 42.2 Å². The third-order valence-electron chi connectivity index (χ3n) is 1.96. The summed E-state index contributed by atoms with van der Waals surface area (Å²) in [6.07, 6.45) is 3.23. The molecule has 5 nitrogen and oxygen atoms in total. The molecule has 16 heavy (non-hydrogen) atoms. The van der Waals surface area contributed by atoms with Crippen LogP contribution in [0.5, 0.6) is 17.5 Å². The Kier molecular flexibility index (Phi) is 2.98. The fourth-order valence-corrected chi connectivity index (χ4v) is 1.12. The zero-order chi connectivity index (χ0) is 11.4. The standard InChI is InChI=1S/C11H11N3O2/c12-5-8-6-13-11(14-7-8)16-10-3-1-9(15)2-4-10/h1-4,6-7,15H,5,12H2. The number of aromatic hydroxyl groups is 1. The number of hydrogen-bond acceptors (Lipinski definition) is 5. The van der Waals surface area contributed by atoms with Crippen LogP contribution in [-0.4, -0.2) is 15.1 Å². The van der Waals surface area contributed by atoms with Crippen LogP contribution in [0.25, 0.3) is 0 Å². The highest BCUT2D eigenvalue weighted by Crippen LogP contribution is 2.20. The summed E-state index contributed by atoms with van der Waals surface area (Å²) in [5, 5.41) is 9.09. The lowest BCUT2D eigenvalue weighted by Crippen LogP contribution is -1.99. The van der Waals surface area contributed by atoms with Crippen LogP contribution >= 0.6 is 0 Å². The van der Waals surface area contributed by atoms with Gasteiger partial charge >= 0.3 is 6.01 Å². The third-order valence-corrected chi connectivity index (χ3v) is 1.96. The fourth-order valence-electron chi connectivity index (χ4n) is 1.12. The van der Waals surface area contributed by atoms with Gasteiger partial charge in [-0.05, 0) is 24.3 Å². The van der Waals surface area contributed by atoms with Crippen LogP contribution in [0.1, 0.15) is 5.56 Å². The SMILES string of the molecule is NCc1cnc(Oc2ccc(O)cc2)nc1. The second-order valence-corrected chi connectivity index (χ2v) is 3.17. The van der Waals surface area contributed by atoms with Gasteiger partial charge in [-0.25, -0.2) is 9.97 Å². The van der Waals surface area contributed by atoms with E-state index in [9.17, 15) is 0 Å². The van der Waals surface area contributed by atoms with Crippen molar-refractivity contribution in [2.75, 3.05) is 0 Å². The van der Waals surface area contributed by atoms with Crippen molar-refractivity contribution in [3.63, 3.8) is 0 Å². The lowest BCUT2D eigenvalue weighted by atomic mass is 10.3. The molecule has 5 heteroatoms. The Morgan fingerprint density at radius 3 is 2.31 bits per heavy atom. The molecule has 2 rings (SSSR count). The van der Waals surface area contributed by atoms with Gasteiger partial charge in [0.05, 0.1) is 0 Å². The van der Waals surface area contributed by atoms with Crippen molar-refractivity contribution in [1.82, 2.24) is 9.97 Å². The first-order chi connectivity index (χ1) is 7.78. The molecule has 0 atom stereocenters. The molecule has 0 amide bonds. The number of nitrogens with two attached hydrogens (primary N) is 1. The fraction of sp³-hybridized carbons (Fsp3) is 0.0909. The van der Waals surface area contributed by atoms with E-state index in [1.165, 1.54) is 12.1 Å². The van der Waals surface area contributed by atoms with E-state index in [0.717, 1.165) is 5.56 Å². The molecule has 0 fully saturated rings. The summed E-state index contributed by atoms with van der Waals surface area (Å²) in [6.45, 7) is 0.402. The Hall–Kier alpha value is -2.14. The monoisotopic (exact) mass is 217 g/mol. The van der Waals surface area contributed by atoms with Crippen LogP contribution in [0.15, 0.2) is 36.7 Å². The topological polar surface area (TPSA) is 81.3 Å². The van der Waals surface area contributed by atoms with E-state index in [1.54, 1.807) is 24.5 Å². The molecule has 0 aliphatic carbocycles. The van der Waals surface area contributed by atoms with E-state index >= 15 is 0 Å². The highest BCUT2D eigenvalue weighted by atomic mass is 16.5. The second kappa shape index (κ2) is 4.59. The lowest BCUT2D eigenvalue weighted by molar-refractivity contribution is 0.436. The minimum atomic E-state index is 0.187. The Labute approximate surface area is 92.5 Å². The van der Waals surface area contributed by atoms with E-state index in [-0.39, 0.29) is 11.8 Å². The first-order valence-electron chi connectivity index (χ1n) is 4.76. The summed E-state index contributed by atoms with van der Waals surface area (Å²) in [5.41, 5.74) is 6.27. The Balaban J connectivity index is 2.11. The molecule has 82 valence electrons. The molecule has 0 aliphatic rings. The lowest BCUT2D eigenvalue weighted by Gasteiger charge is -2.03. The van der Waals surface area contributed by atoms with Crippen LogP contribution in [0, 0.1) is 0 Å². The number of nitrogens with zero attached hydrogens (tertiary/aromatic N) is 2. The predicted octanol–water partition coefficient (Wildman–Crippen LogP) is 1.43. The van der Waals surface area contributed by atoms with Crippen molar-refractivity contribution in [3.8, 4) is 17.5 Å². The zero-order valence-electron chi connectivity index (χ0n) is 8.50. The Morgan fingerprint density at radius 1 is 1.12 bits per heavy atom. The number of hydrogen-bond donors (Lipinski definition) is 2. The van der Waals surface area contributed by atoms with Crippen LogP contribution in [0.4, 0.5) is 0 Å². The number of phenolic OH excluding ortho intramolecular Hbond substituents is 1. The Morgan fingerprint density at radius 2 is 1.75 bits per heavy atom. The van der Waals surface area contributed by atoms with Gasteiger partial charge in [-0.15, -0.1) is 0 Å². The first-order valence-corrected chi connectivity index (χ1v) is 4.76. The first kappa shape index (κ1) is 10.4. The van der Waals surface area contributed by atoms with Gasteiger partial charge in [0.2, 0.25) is 0 Å². The molecule has 1 aromatic heterocycles. The molecule has 0 saturated heterocycles. The highest BCUT2D eigenvalue weighted by molar-refractivity contribution is 5.31. The molecule has 0 saturated carbocycles. The van der Waals surface area contributed by atoms with Crippen LogP contribution in [0.2, 0.25) is 0 Å². The normalized spacial score (nSPS) is 10.1. The minimum absolute atomic E-state index is 0.187. The van der Waals surface area contributed by atoms with Gasteiger partial charge in [0.1, 0.15) is 11.5 Å². The summed E-state index contributed by atoms with van der Waals surface area (Å²) in [6, 6.07) is 6.58. The molecular weight excluding hydrogens is 206 g/mol. The van der Waals surface area contributed by atoms with Crippen molar-refractivity contribution >= 4 is 0 Å². The molecule has 0 aliphatic heterocycles. The molecular formula is C11H11N3O2. The van der Waals surface area contributed by atoms with Gasteiger partial charge in [-0.3, -0.25) is 0 Å². The molecule has 1 heterocycles. The smallest absolute Gasteiger partial charge is 0.321 e. The number of ether oxygens (including phenoxy) is 1. The maximum absolute atomic E-state index is 9.09. The van der Waals surface area contributed by atoms with E-state index in [0.29, 0.717) is 12.3 Å². The number of benzene rings is 1. The maximum atomic E-state index is 9.09. The summed E-state index contributed by atoms with van der Waals surface area (Å²) in [5.74, 6) is 0.755. The average Bonchev–Trinajstić information content (AvgIpc) is 2.33.